The van der Waals surface area contributed by atoms with Gasteiger partial charge in [0.05, 0.1) is 11.9 Å². The molecule has 0 spiro atoms. The molecule has 0 atom stereocenters. The molecule has 0 bridgehead atoms. The van der Waals surface area contributed by atoms with Gasteiger partial charge in [0.25, 0.3) is 0 Å². The van der Waals surface area contributed by atoms with E-state index in [-0.39, 0.29) is 5.95 Å². The first-order valence-corrected chi connectivity index (χ1v) is 6.44. The van der Waals surface area contributed by atoms with Crippen molar-refractivity contribution in [2.45, 2.75) is 0 Å². The Morgan fingerprint density at radius 1 is 1.00 bits per heavy atom. The molecule has 1 aromatic carbocycles. The van der Waals surface area contributed by atoms with E-state index in [4.69, 9.17) is 5.73 Å². The number of nitrogen functional groups attached to an aromatic ring is 1. The number of nitrogens with two attached hydrogens (primary N) is 1. The highest BCUT2D eigenvalue weighted by molar-refractivity contribution is 5.56. The second-order valence-electron chi connectivity index (χ2n) is 4.68. The highest BCUT2D eigenvalue weighted by Crippen LogP contribution is 2.20. The van der Waals surface area contributed by atoms with Crippen LogP contribution in [0.4, 0.5) is 11.9 Å². The normalized spacial score (nSPS) is 10.6. The molecular weight excluding hydrogens is 266 g/mol. The highest BCUT2D eigenvalue weighted by Gasteiger charge is 2.13. The number of benzene rings is 1. The molecule has 2 N–H and O–H groups in total. The van der Waals surface area contributed by atoms with E-state index in [1.807, 2.05) is 50.5 Å². The molecule has 7 heteroatoms. The Morgan fingerprint density at radius 2 is 1.76 bits per heavy atom. The first-order chi connectivity index (χ1) is 10.1. The van der Waals surface area contributed by atoms with Gasteiger partial charge >= 0.3 is 0 Å². The second kappa shape index (κ2) is 5.20. The summed E-state index contributed by atoms with van der Waals surface area (Å²) in [7, 11) is 3.71. The summed E-state index contributed by atoms with van der Waals surface area (Å²) in [6.07, 6.45) is 1.71. The molecule has 2 heterocycles. The summed E-state index contributed by atoms with van der Waals surface area (Å²) in [6, 6.07) is 11.6. The minimum atomic E-state index is 0.185. The van der Waals surface area contributed by atoms with E-state index in [0.29, 0.717) is 11.8 Å². The third kappa shape index (κ3) is 2.53. The fourth-order valence-electron chi connectivity index (χ4n) is 1.94. The quantitative estimate of drug-likeness (QED) is 0.780. The van der Waals surface area contributed by atoms with Crippen molar-refractivity contribution in [3.8, 4) is 17.2 Å². The van der Waals surface area contributed by atoms with E-state index in [9.17, 15) is 0 Å². The maximum absolute atomic E-state index is 5.77. The van der Waals surface area contributed by atoms with E-state index in [1.165, 1.54) is 0 Å². The largest absolute Gasteiger partial charge is 0.368 e. The molecule has 0 aliphatic rings. The van der Waals surface area contributed by atoms with Gasteiger partial charge in [0.2, 0.25) is 11.9 Å². The van der Waals surface area contributed by atoms with Crippen LogP contribution in [-0.2, 0) is 0 Å². The van der Waals surface area contributed by atoms with Gasteiger partial charge in [-0.2, -0.15) is 20.1 Å². The number of nitrogens with zero attached hydrogens (tertiary/aromatic N) is 6. The fourth-order valence-corrected chi connectivity index (χ4v) is 1.94. The van der Waals surface area contributed by atoms with Crippen LogP contribution in [0.5, 0.6) is 0 Å². The molecule has 0 fully saturated rings. The van der Waals surface area contributed by atoms with Crippen LogP contribution in [0.2, 0.25) is 0 Å². The lowest BCUT2D eigenvalue weighted by Gasteiger charge is -2.12. The summed E-state index contributed by atoms with van der Waals surface area (Å²) < 4.78 is 1.77. The van der Waals surface area contributed by atoms with Gasteiger partial charge in [0.15, 0.2) is 5.82 Å². The standard InChI is InChI=1S/C14H15N7/c1-20(2)14-18-12(17-13(15)19-14)11-8-9-16-21(11)10-6-4-3-5-7-10/h3-9H,1-2H3,(H2,15,17,18,19). The summed E-state index contributed by atoms with van der Waals surface area (Å²) in [5.74, 6) is 1.19. The van der Waals surface area contributed by atoms with Gasteiger partial charge in [0.1, 0.15) is 5.69 Å². The lowest BCUT2D eigenvalue weighted by Crippen LogP contribution is -2.15. The number of anilines is 2. The summed E-state index contributed by atoms with van der Waals surface area (Å²) in [4.78, 5) is 14.5. The summed E-state index contributed by atoms with van der Waals surface area (Å²) in [5.41, 5.74) is 7.47. The lowest BCUT2D eigenvalue weighted by atomic mass is 10.3. The van der Waals surface area contributed by atoms with Crippen LogP contribution in [0, 0.1) is 0 Å². The predicted molar refractivity (Wildman–Crippen MR) is 81.1 cm³/mol. The smallest absolute Gasteiger partial charge is 0.230 e. The summed E-state index contributed by atoms with van der Waals surface area (Å²) in [5, 5.41) is 4.33. The van der Waals surface area contributed by atoms with Crippen molar-refractivity contribution >= 4 is 11.9 Å². The molecule has 2 aromatic heterocycles. The fraction of sp³-hybridized carbons (Fsp3) is 0.143. The second-order valence-corrected chi connectivity index (χ2v) is 4.68. The Kier molecular flexibility index (Phi) is 3.23. The maximum Gasteiger partial charge on any atom is 0.230 e. The van der Waals surface area contributed by atoms with Gasteiger partial charge in [-0.3, -0.25) is 0 Å². The van der Waals surface area contributed by atoms with E-state index in [0.717, 1.165) is 11.4 Å². The van der Waals surface area contributed by atoms with E-state index >= 15 is 0 Å². The molecule has 3 rings (SSSR count). The molecule has 0 unspecified atom stereocenters. The van der Waals surface area contributed by atoms with Gasteiger partial charge in [-0.05, 0) is 18.2 Å². The van der Waals surface area contributed by atoms with Gasteiger partial charge in [-0.1, -0.05) is 18.2 Å². The molecule has 106 valence electrons. The van der Waals surface area contributed by atoms with E-state index in [2.05, 4.69) is 20.1 Å². The maximum atomic E-state index is 5.77. The molecule has 7 nitrogen and oxygen atoms in total. The molecule has 0 radical (unpaired) electrons. The van der Waals surface area contributed by atoms with E-state index in [1.54, 1.807) is 15.8 Å². The average Bonchev–Trinajstić information content (AvgIpc) is 2.97. The first-order valence-electron chi connectivity index (χ1n) is 6.44. The Morgan fingerprint density at radius 3 is 2.48 bits per heavy atom. The zero-order valence-electron chi connectivity index (χ0n) is 11.8. The molecule has 21 heavy (non-hydrogen) atoms. The molecule has 3 aromatic rings. The van der Waals surface area contributed by atoms with Crippen molar-refractivity contribution in [2.75, 3.05) is 24.7 Å². The number of rotatable bonds is 3. The van der Waals surface area contributed by atoms with Gasteiger partial charge in [-0.25, -0.2) is 4.68 Å². The SMILES string of the molecule is CN(C)c1nc(N)nc(-c2ccnn2-c2ccccc2)n1. The third-order valence-electron chi connectivity index (χ3n) is 2.91. The van der Waals surface area contributed by atoms with Gasteiger partial charge in [0, 0.05) is 14.1 Å². The summed E-state index contributed by atoms with van der Waals surface area (Å²) >= 11 is 0. The Balaban J connectivity index is 2.12. The minimum absolute atomic E-state index is 0.185. The van der Waals surface area contributed by atoms with Crippen LogP contribution in [0.1, 0.15) is 0 Å². The Hall–Kier alpha value is -2.96. The van der Waals surface area contributed by atoms with Crippen LogP contribution in [-0.4, -0.2) is 38.8 Å². The molecule has 0 aliphatic carbocycles. The van der Waals surface area contributed by atoms with Gasteiger partial charge in [-0.15, -0.1) is 0 Å². The van der Waals surface area contributed by atoms with Crippen LogP contribution in [0.15, 0.2) is 42.6 Å². The van der Waals surface area contributed by atoms with Crippen LogP contribution < -0.4 is 10.6 Å². The van der Waals surface area contributed by atoms with Crippen molar-refractivity contribution in [3.05, 3.63) is 42.6 Å². The predicted octanol–water partition coefficient (Wildman–Crippen LogP) is 1.37. The molecule has 0 saturated carbocycles. The zero-order chi connectivity index (χ0) is 14.8. The van der Waals surface area contributed by atoms with Crippen LogP contribution >= 0.6 is 0 Å². The number of hydrogen-bond acceptors (Lipinski definition) is 6. The van der Waals surface area contributed by atoms with Crippen molar-refractivity contribution < 1.29 is 0 Å². The van der Waals surface area contributed by atoms with Crippen molar-refractivity contribution in [1.82, 2.24) is 24.7 Å². The number of aromatic nitrogens is 5. The van der Waals surface area contributed by atoms with E-state index < -0.39 is 0 Å². The lowest BCUT2D eigenvalue weighted by molar-refractivity contribution is 0.871. The molecular formula is C14H15N7. The van der Waals surface area contributed by atoms with Gasteiger partial charge < -0.3 is 10.6 Å². The summed E-state index contributed by atoms with van der Waals surface area (Å²) in [6.45, 7) is 0. The Bertz CT molecular complexity index is 749. The average molecular weight is 281 g/mol. The molecule has 0 saturated heterocycles. The monoisotopic (exact) mass is 281 g/mol. The first kappa shape index (κ1) is 13.0. The number of para-hydroxylation sites is 1. The van der Waals surface area contributed by atoms with Crippen molar-refractivity contribution in [2.24, 2.45) is 0 Å². The Labute approximate surface area is 122 Å². The van der Waals surface area contributed by atoms with Crippen LogP contribution in [0.25, 0.3) is 17.2 Å². The minimum Gasteiger partial charge on any atom is -0.368 e. The topological polar surface area (TPSA) is 85.8 Å². The van der Waals surface area contributed by atoms with Crippen LogP contribution in [0.3, 0.4) is 0 Å². The molecule has 0 amide bonds. The highest BCUT2D eigenvalue weighted by atomic mass is 15.3. The zero-order valence-corrected chi connectivity index (χ0v) is 11.8. The third-order valence-corrected chi connectivity index (χ3v) is 2.91. The van der Waals surface area contributed by atoms with Crippen molar-refractivity contribution in [3.63, 3.8) is 0 Å². The number of hydrogen-bond donors (Lipinski definition) is 1. The molecule has 0 aliphatic heterocycles. The van der Waals surface area contributed by atoms with Crippen molar-refractivity contribution in [1.29, 1.82) is 0 Å².